The smallest absolute Gasteiger partial charge is 0.0786 e. The van der Waals surface area contributed by atoms with Crippen LogP contribution in [0.15, 0.2) is 0 Å². The van der Waals surface area contributed by atoms with Gasteiger partial charge in [0.05, 0.1) is 5.60 Å². The fourth-order valence-electron chi connectivity index (χ4n) is 2.14. The van der Waals surface area contributed by atoms with Gasteiger partial charge in [-0.1, -0.05) is 13.8 Å². The van der Waals surface area contributed by atoms with E-state index in [9.17, 15) is 5.11 Å². The fourth-order valence-corrected chi connectivity index (χ4v) is 2.14. The SMILES string of the molecule is CCN(CC)CC1(O)CCCNCC1. The van der Waals surface area contributed by atoms with Gasteiger partial charge < -0.3 is 15.3 Å². The van der Waals surface area contributed by atoms with Gasteiger partial charge in [-0.05, 0) is 45.4 Å². The van der Waals surface area contributed by atoms with Crippen molar-refractivity contribution in [3.8, 4) is 0 Å². The molecule has 3 nitrogen and oxygen atoms in total. The lowest BCUT2D eigenvalue weighted by atomic mass is 9.94. The molecule has 84 valence electrons. The lowest BCUT2D eigenvalue weighted by Crippen LogP contribution is -2.43. The first-order valence-corrected chi connectivity index (χ1v) is 5.85. The maximum atomic E-state index is 10.4. The summed E-state index contributed by atoms with van der Waals surface area (Å²) in [5.74, 6) is 0. The van der Waals surface area contributed by atoms with Crippen LogP contribution in [0, 0.1) is 0 Å². The predicted octanol–water partition coefficient (Wildman–Crippen LogP) is 0.833. The molecule has 1 aliphatic rings. The molecule has 2 N–H and O–H groups in total. The first-order chi connectivity index (χ1) is 6.70. The third-order valence-corrected chi connectivity index (χ3v) is 3.18. The van der Waals surface area contributed by atoms with Gasteiger partial charge in [0, 0.05) is 6.54 Å². The Hall–Kier alpha value is -0.120. The third kappa shape index (κ3) is 3.56. The normalized spacial score (nSPS) is 29.1. The fraction of sp³-hybridized carbons (Fsp3) is 1.00. The van der Waals surface area contributed by atoms with E-state index in [1.165, 1.54) is 0 Å². The summed E-state index contributed by atoms with van der Waals surface area (Å²) < 4.78 is 0. The van der Waals surface area contributed by atoms with Crippen LogP contribution < -0.4 is 5.32 Å². The van der Waals surface area contributed by atoms with Crippen molar-refractivity contribution in [2.75, 3.05) is 32.7 Å². The number of nitrogens with zero attached hydrogens (tertiary/aromatic N) is 1. The van der Waals surface area contributed by atoms with Crippen molar-refractivity contribution in [2.24, 2.45) is 0 Å². The van der Waals surface area contributed by atoms with Crippen LogP contribution in [0.25, 0.3) is 0 Å². The van der Waals surface area contributed by atoms with Crippen LogP contribution in [0.5, 0.6) is 0 Å². The highest BCUT2D eigenvalue weighted by molar-refractivity contribution is 4.85. The largest absolute Gasteiger partial charge is 0.389 e. The molecule has 0 aromatic carbocycles. The zero-order valence-electron chi connectivity index (χ0n) is 9.55. The van der Waals surface area contributed by atoms with Gasteiger partial charge >= 0.3 is 0 Å². The second-order valence-corrected chi connectivity index (χ2v) is 4.29. The Morgan fingerprint density at radius 3 is 2.57 bits per heavy atom. The second kappa shape index (κ2) is 5.69. The van der Waals surface area contributed by atoms with E-state index < -0.39 is 5.60 Å². The highest BCUT2D eigenvalue weighted by atomic mass is 16.3. The van der Waals surface area contributed by atoms with Crippen LogP contribution in [0.1, 0.15) is 33.1 Å². The molecule has 0 saturated carbocycles. The monoisotopic (exact) mass is 200 g/mol. The third-order valence-electron chi connectivity index (χ3n) is 3.18. The Morgan fingerprint density at radius 2 is 1.93 bits per heavy atom. The summed E-state index contributed by atoms with van der Waals surface area (Å²) >= 11 is 0. The average molecular weight is 200 g/mol. The van der Waals surface area contributed by atoms with E-state index in [-0.39, 0.29) is 0 Å². The van der Waals surface area contributed by atoms with Gasteiger partial charge in [-0.3, -0.25) is 0 Å². The zero-order chi connectivity index (χ0) is 10.4. The van der Waals surface area contributed by atoms with Gasteiger partial charge in [0.25, 0.3) is 0 Å². The van der Waals surface area contributed by atoms with Crippen molar-refractivity contribution in [2.45, 2.75) is 38.7 Å². The van der Waals surface area contributed by atoms with E-state index >= 15 is 0 Å². The number of rotatable bonds is 4. The molecule has 14 heavy (non-hydrogen) atoms. The van der Waals surface area contributed by atoms with Gasteiger partial charge in [-0.15, -0.1) is 0 Å². The standard InChI is InChI=1S/C11H24N2O/c1-3-13(4-2)10-11(14)6-5-8-12-9-7-11/h12,14H,3-10H2,1-2H3. The maximum absolute atomic E-state index is 10.4. The minimum Gasteiger partial charge on any atom is -0.389 e. The Balaban J connectivity index is 2.44. The van der Waals surface area contributed by atoms with Gasteiger partial charge in [-0.25, -0.2) is 0 Å². The molecule has 1 rings (SSSR count). The van der Waals surface area contributed by atoms with Crippen molar-refractivity contribution in [3.05, 3.63) is 0 Å². The van der Waals surface area contributed by atoms with Crippen LogP contribution >= 0.6 is 0 Å². The minimum absolute atomic E-state index is 0.449. The van der Waals surface area contributed by atoms with E-state index in [0.717, 1.165) is 52.0 Å². The number of hydrogen-bond acceptors (Lipinski definition) is 3. The molecule has 0 bridgehead atoms. The molecule has 0 spiro atoms. The van der Waals surface area contributed by atoms with E-state index in [0.29, 0.717) is 0 Å². The van der Waals surface area contributed by atoms with Gasteiger partial charge in [0.15, 0.2) is 0 Å². The van der Waals surface area contributed by atoms with Crippen LogP contribution in [0.2, 0.25) is 0 Å². The van der Waals surface area contributed by atoms with Crippen LogP contribution in [0.3, 0.4) is 0 Å². The highest BCUT2D eigenvalue weighted by Crippen LogP contribution is 2.20. The first kappa shape index (κ1) is 12.0. The van der Waals surface area contributed by atoms with E-state index in [2.05, 4.69) is 24.1 Å². The molecule has 1 saturated heterocycles. The lowest BCUT2D eigenvalue weighted by molar-refractivity contribution is -0.00430. The van der Waals surface area contributed by atoms with Crippen molar-refractivity contribution >= 4 is 0 Å². The van der Waals surface area contributed by atoms with E-state index in [4.69, 9.17) is 0 Å². The number of aliphatic hydroxyl groups is 1. The first-order valence-electron chi connectivity index (χ1n) is 5.85. The molecular weight excluding hydrogens is 176 g/mol. The molecule has 0 aromatic heterocycles. The van der Waals surface area contributed by atoms with E-state index in [1.54, 1.807) is 0 Å². The van der Waals surface area contributed by atoms with Crippen LogP contribution in [-0.2, 0) is 0 Å². The van der Waals surface area contributed by atoms with Crippen molar-refractivity contribution < 1.29 is 5.11 Å². The summed E-state index contributed by atoms with van der Waals surface area (Å²) in [6, 6.07) is 0. The molecule has 0 amide bonds. The maximum Gasteiger partial charge on any atom is 0.0786 e. The van der Waals surface area contributed by atoms with Crippen molar-refractivity contribution in [1.29, 1.82) is 0 Å². The van der Waals surface area contributed by atoms with Crippen molar-refractivity contribution in [3.63, 3.8) is 0 Å². The molecule has 0 aromatic rings. The molecule has 1 atom stereocenters. The number of hydrogen-bond donors (Lipinski definition) is 2. The zero-order valence-corrected chi connectivity index (χ0v) is 9.55. The minimum atomic E-state index is -0.449. The van der Waals surface area contributed by atoms with Crippen LogP contribution in [0.4, 0.5) is 0 Å². The van der Waals surface area contributed by atoms with Gasteiger partial charge in [0.2, 0.25) is 0 Å². The summed E-state index contributed by atoms with van der Waals surface area (Å²) in [5.41, 5.74) is -0.449. The number of nitrogens with one attached hydrogen (secondary N) is 1. The van der Waals surface area contributed by atoms with Crippen molar-refractivity contribution in [1.82, 2.24) is 10.2 Å². The predicted molar refractivity (Wildman–Crippen MR) is 59.5 cm³/mol. The molecular formula is C11H24N2O. The number of likely N-dealkylation sites (N-methyl/N-ethyl adjacent to an activating group) is 1. The molecule has 0 radical (unpaired) electrons. The Morgan fingerprint density at radius 1 is 1.21 bits per heavy atom. The molecule has 0 aliphatic carbocycles. The summed E-state index contributed by atoms with van der Waals surface area (Å²) in [7, 11) is 0. The Labute approximate surface area is 87.5 Å². The molecule has 1 fully saturated rings. The highest BCUT2D eigenvalue weighted by Gasteiger charge is 2.29. The molecule has 1 heterocycles. The molecule has 1 aliphatic heterocycles. The Bertz CT molecular complexity index is 149. The van der Waals surface area contributed by atoms with Gasteiger partial charge in [0.1, 0.15) is 0 Å². The molecule has 3 heteroatoms. The Kier molecular flexibility index (Phi) is 4.85. The summed E-state index contributed by atoms with van der Waals surface area (Å²) in [6.07, 6.45) is 2.93. The average Bonchev–Trinajstić information content (AvgIpc) is 2.40. The quantitative estimate of drug-likeness (QED) is 0.705. The van der Waals surface area contributed by atoms with Crippen LogP contribution in [-0.4, -0.2) is 48.3 Å². The molecule has 1 unspecified atom stereocenters. The summed E-state index contributed by atoms with van der Waals surface area (Å²) in [5, 5.41) is 13.7. The van der Waals surface area contributed by atoms with Gasteiger partial charge in [-0.2, -0.15) is 0 Å². The second-order valence-electron chi connectivity index (χ2n) is 4.29. The lowest BCUT2D eigenvalue weighted by Gasteiger charge is -2.32. The topological polar surface area (TPSA) is 35.5 Å². The van der Waals surface area contributed by atoms with E-state index in [1.807, 2.05) is 0 Å². The summed E-state index contributed by atoms with van der Waals surface area (Å²) in [4.78, 5) is 2.31. The summed E-state index contributed by atoms with van der Waals surface area (Å²) in [6.45, 7) is 9.22.